The minimum absolute atomic E-state index is 0.0245. The van der Waals surface area contributed by atoms with Crippen LogP contribution in [0.5, 0.6) is 0 Å². The maximum absolute atomic E-state index is 13.1. The van der Waals surface area contributed by atoms with Crippen molar-refractivity contribution in [1.82, 2.24) is 14.7 Å². The second-order valence-electron chi connectivity index (χ2n) is 8.65. The Labute approximate surface area is 194 Å². The largest absolute Gasteiger partial charge is 0.384 e. The number of rotatable bonds is 7. The first-order chi connectivity index (χ1) is 16.0. The topological polar surface area (TPSA) is 76.5 Å². The smallest absolute Gasteiger partial charge is 0.253 e. The average molecular weight is 447 g/mol. The average Bonchev–Trinajstić information content (AvgIpc) is 3.27. The number of anilines is 1. The lowest BCUT2D eigenvalue weighted by atomic mass is 9.98. The van der Waals surface area contributed by atoms with Crippen LogP contribution in [0.3, 0.4) is 0 Å². The Bertz CT molecular complexity index is 1120. The zero-order chi connectivity index (χ0) is 23.2. The van der Waals surface area contributed by atoms with Gasteiger partial charge in [-0.15, -0.1) is 0 Å². The zero-order valence-corrected chi connectivity index (χ0v) is 19.2. The number of benzene rings is 2. The van der Waals surface area contributed by atoms with E-state index in [1.807, 2.05) is 60.4 Å². The van der Waals surface area contributed by atoms with E-state index in [-0.39, 0.29) is 11.8 Å². The molecule has 0 bridgehead atoms. The molecule has 33 heavy (non-hydrogen) atoms. The van der Waals surface area contributed by atoms with Gasteiger partial charge in [0.2, 0.25) is 5.91 Å². The number of carbonyl (C=O) groups is 2. The quantitative estimate of drug-likeness (QED) is 0.598. The highest BCUT2D eigenvalue weighted by atomic mass is 16.5. The molecule has 0 spiro atoms. The Hall–Kier alpha value is -3.45. The van der Waals surface area contributed by atoms with Gasteiger partial charge in [-0.3, -0.25) is 9.59 Å². The first-order valence-corrected chi connectivity index (χ1v) is 11.3. The van der Waals surface area contributed by atoms with Gasteiger partial charge in [0, 0.05) is 25.8 Å². The minimum atomic E-state index is -0.0974. The summed E-state index contributed by atoms with van der Waals surface area (Å²) >= 11 is 0. The van der Waals surface area contributed by atoms with Crippen LogP contribution in [0.4, 0.5) is 5.69 Å². The summed E-state index contributed by atoms with van der Waals surface area (Å²) in [6, 6.07) is 15.3. The van der Waals surface area contributed by atoms with Crippen molar-refractivity contribution in [3.63, 3.8) is 0 Å². The zero-order valence-electron chi connectivity index (χ0n) is 19.2. The van der Waals surface area contributed by atoms with Crippen LogP contribution in [0, 0.1) is 12.8 Å². The highest BCUT2D eigenvalue weighted by Crippen LogP contribution is 2.20. The molecule has 1 unspecified atom stereocenters. The number of aryl methyl sites for hydroxylation is 1. The molecule has 4 rings (SSSR count). The molecule has 0 saturated carbocycles. The normalized spacial score (nSPS) is 15.9. The van der Waals surface area contributed by atoms with Crippen molar-refractivity contribution in [2.45, 2.75) is 26.2 Å². The van der Waals surface area contributed by atoms with Gasteiger partial charge in [-0.25, -0.2) is 4.68 Å². The van der Waals surface area contributed by atoms with Gasteiger partial charge in [-0.05, 0) is 49.4 Å². The summed E-state index contributed by atoms with van der Waals surface area (Å²) in [4.78, 5) is 27.4. The van der Waals surface area contributed by atoms with E-state index in [0.717, 1.165) is 42.7 Å². The fourth-order valence-corrected chi connectivity index (χ4v) is 4.33. The van der Waals surface area contributed by atoms with E-state index in [0.29, 0.717) is 30.2 Å². The minimum Gasteiger partial charge on any atom is -0.384 e. The lowest BCUT2D eigenvalue weighted by Crippen LogP contribution is -2.41. The Balaban J connectivity index is 1.41. The number of carbonyl (C=O) groups excluding carboxylic acids is 2. The van der Waals surface area contributed by atoms with Crippen molar-refractivity contribution < 1.29 is 14.3 Å². The second-order valence-corrected chi connectivity index (χ2v) is 8.65. The van der Waals surface area contributed by atoms with E-state index in [2.05, 4.69) is 10.4 Å². The van der Waals surface area contributed by atoms with Crippen LogP contribution in [0.15, 0.2) is 60.9 Å². The van der Waals surface area contributed by atoms with Gasteiger partial charge in [-0.2, -0.15) is 5.10 Å². The summed E-state index contributed by atoms with van der Waals surface area (Å²) in [5, 5.41) is 7.27. The highest BCUT2D eigenvalue weighted by molar-refractivity contribution is 5.95. The summed E-state index contributed by atoms with van der Waals surface area (Å²) in [6.07, 6.45) is 5.75. The first kappa shape index (κ1) is 22.7. The fraction of sp³-hybridized carbons (Fsp3) is 0.346. The Morgan fingerprint density at radius 1 is 1.18 bits per heavy atom. The molecular weight excluding hydrogens is 416 g/mol. The molecule has 3 aromatic rings. The van der Waals surface area contributed by atoms with E-state index in [1.54, 1.807) is 24.2 Å². The summed E-state index contributed by atoms with van der Waals surface area (Å²) in [5.41, 5.74) is 4.11. The first-order valence-electron chi connectivity index (χ1n) is 11.3. The third-order valence-corrected chi connectivity index (χ3v) is 5.88. The molecule has 7 heteroatoms. The number of amides is 2. The molecule has 0 aliphatic carbocycles. The predicted molar refractivity (Wildman–Crippen MR) is 128 cm³/mol. The molecule has 1 aliphatic heterocycles. The molecule has 1 aromatic heterocycles. The summed E-state index contributed by atoms with van der Waals surface area (Å²) in [6.45, 7) is 4.17. The Morgan fingerprint density at radius 3 is 2.85 bits per heavy atom. The van der Waals surface area contributed by atoms with Crippen LogP contribution in [0.2, 0.25) is 0 Å². The molecule has 2 heterocycles. The van der Waals surface area contributed by atoms with Crippen LogP contribution in [-0.4, -0.2) is 53.3 Å². The van der Waals surface area contributed by atoms with Crippen LogP contribution < -0.4 is 5.32 Å². The highest BCUT2D eigenvalue weighted by Gasteiger charge is 2.24. The van der Waals surface area contributed by atoms with E-state index in [1.165, 1.54) is 0 Å². The van der Waals surface area contributed by atoms with Gasteiger partial charge in [0.05, 0.1) is 36.8 Å². The van der Waals surface area contributed by atoms with Crippen molar-refractivity contribution in [3.8, 4) is 5.69 Å². The number of methoxy groups -OCH3 is 1. The molecule has 2 amide bonds. The van der Waals surface area contributed by atoms with Crippen LogP contribution in [-0.2, 0) is 16.0 Å². The monoisotopic (exact) mass is 446 g/mol. The molecule has 2 aromatic carbocycles. The molecule has 1 aliphatic rings. The second kappa shape index (κ2) is 10.4. The third kappa shape index (κ3) is 5.87. The fourth-order valence-electron chi connectivity index (χ4n) is 4.33. The molecule has 1 fully saturated rings. The lowest BCUT2D eigenvalue weighted by Gasteiger charge is -2.32. The molecule has 0 radical (unpaired) electrons. The van der Waals surface area contributed by atoms with Crippen molar-refractivity contribution >= 4 is 17.5 Å². The van der Waals surface area contributed by atoms with E-state index in [9.17, 15) is 9.59 Å². The van der Waals surface area contributed by atoms with E-state index >= 15 is 0 Å². The molecule has 172 valence electrons. The molecular formula is C26H30N4O3. The number of piperidine rings is 1. The summed E-state index contributed by atoms with van der Waals surface area (Å²) in [7, 11) is 1.70. The lowest BCUT2D eigenvalue weighted by molar-refractivity contribution is -0.115. The summed E-state index contributed by atoms with van der Waals surface area (Å²) in [5.74, 6) is 0.309. The maximum atomic E-state index is 13.1. The maximum Gasteiger partial charge on any atom is 0.253 e. The van der Waals surface area contributed by atoms with Gasteiger partial charge in [-0.1, -0.05) is 35.9 Å². The predicted octanol–water partition coefficient (Wildman–Crippen LogP) is 3.86. The third-order valence-electron chi connectivity index (χ3n) is 5.88. The summed E-state index contributed by atoms with van der Waals surface area (Å²) < 4.78 is 6.95. The van der Waals surface area contributed by atoms with Crippen molar-refractivity contribution in [1.29, 1.82) is 0 Å². The van der Waals surface area contributed by atoms with Crippen LogP contribution >= 0.6 is 0 Å². The van der Waals surface area contributed by atoms with Gasteiger partial charge in [0.15, 0.2) is 0 Å². The Kier molecular flexibility index (Phi) is 7.19. The molecule has 1 N–H and O–H groups in total. The van der Waals surface area contributed by atoms with Crippen LogP contribution in [0.1, 0.15) is 34.3 Å². The SMILES string of the molecule is COCC1CCCN(C(=O)c2cccc(-n3cc(NC(=O)Cc4cccc(C)c4)cn3)c2)C1. The molecule has 1 atom stereocenters. The van der Waals surface area contributed by atoms with E-state index < -0.39 is 0 Å². The van der Waals surface area contributed by atoms with Crippen LogP contribution in [0.25, 0.3) is 5.69 Å². The van der Waals surface area contributed by atoms with Gasteiger partial charge < -0.3 is 15.0 Å². The molecule has 1 saturated heterocycles. The van der Waals surface area contributed by atoms with Gasteiger partial charge in [0.1, 0.15) is 0 Å². The number of nitrogens with zero attached hydrogens (tertiary/aromatic N) is 3. The number of ether oxygens (including phenoxy) is 1. The number of hydrogen-bond acceptors (Lipinski definition) is 4. The Morgan fingerprint density at radius 2 is 2.03 bits per heavy atom. The van der Waals surface area contributed by atoms with Crippen molar-refractivity contribution in [2.24, 2.45) is 5.92 Å². The number of nitrogens with one attached hydrogen (secondary N) is 1. The number of likely N-dealkylation sites (tertiary alicyclic amines) is 1. The number of aromatic nitrogens is 2. The standard InChI is InChI=1S/C26H30N4O3/c1-19-6-3-7-20(12-19)13-25(31)28-23-15-27-30(17-23)24-10-4-9-22(14-24)26(32)29-11-5-8-21(16-29)18-33-2/h3-4,6-7,9-10,12,14-15,17,21H,5,8,11,13,16,18H2,1-2H3,(H,28,31). The van der Waals surface area contributed by atoms with Crippen molar-refractivity contribution in [3.05, 3.63) is 77.6 Å². The van der Waals surface area contributed by atoms with Gasteiger partial charge >= 0.3 is 0 Å². The van der Waals surface area contributed by atoms with E-state index in [4.69, 9.17) is 4.74 Å². The molecule has 7 nitrogen and oxygen atoms in total. The van der Waals surface area contributed by atoms with Gasteiger partial charge in [0.25, 0.3) is 5.91 Å². The number of hydrogen-bond donors (Lipinski definition) is 1. The van der Waals surface area contributed by atoms with Crippen molar-refractivity contribution in [2.75, 3.05) is 32.1 Å².